The number of rotatable bonds is 0. The van der Waals surface area contributed by atoms with Crippen molar-refractivity contribution in [2.24, 2.45) is 0 Å². The van der Waals surface area contributed by atoms with Crippen LogP contribution >= 0.6 is 33.9 Å². The van der Waals surface area contributed by atoms with Gasteiger partial charge >= 0.3 is 0 Å². The molecule has 2 aromatic rings. The van der Waals surface area contributed by atoms with Crippen LogP contribution in [0.5, 0.6) is 0 Å². The van der Waals surface area contributed by atoms with Crippen molar-refractivity contribution >= 4 is 49.0 Å². The Bertz CT molecular complexity index is 438. The third-order valence-electron chi connectivity index (χ3n) is 1.63. The summed E-state index contributed by atoms with van der Waals surface area (Å²) < 4.78 is 15.2. The third kappa shape index (κ3) is 1.09. The van der Waals surface area contributed by atoms with Gasteiger partial charge in [0.2, 0.25) is 0 Å². The van der Waals surface area contributed by atoms with Gasteiger partial charge in [0.15, 0.2) is 5.82 Å². The van der Waals surface area contributed by atoms with Gasteiger partial charge in [-0.3, -0.25) is 0 Å². The summed E-state index contributed by atoms with van der Waals surface area (Å²) in [6.07, 6.45) is 0. The number of nitrogens with two attached hydrogens (primary N) is 1. The molecule has 1 aromatic carbocycles. The van der Waals surface area contributed by atoms with Gasteiger partial charge in [-0.1, -0.05) is 12.1 Å². The maximum absolute atomic E-state index is 13.2. The van der Waals surface area contributed by atoms with Crippen molar-refractivity contribution in [2.75, 3.05) is 5.73 Å². The highest BCUT2D eigenvalue weighted by molar-refractivity contribution is 14.1. The zero-order valence-electron chi connectivity index (χ0n) is 5.97. The Morgan fingerprint density at radius 1 is 1.42 bits per heavy atom. The van der Waals surface area contributed by atoms with Crippen molar-refractivity contribution in [3.05, 3.63) is 27.6 Å². The smallest absolute Gasteiger partial charge is 0.165 e. The standard InChI is InChI=1S/C8H5FINS/c9-6-4-2-1-3-5(10)7(4)12-8(6)11/h1-3H,11H2. The highest BCUT2D eigenvalue weighted by atomic mass is 127. The molecule has 12 heavy (non-hydrogen) atoms. The van der Waals surface area contributed by atoms with Gasteiger partial charge in [-0.25, -0.2) is 4.39 Å². The molecule has 4 heteroatoms. The van der Waals surface area contributed by atoms with E-state index in [0.717, 1.165) is 8.27 Å². The van der Waals surface area contributed by atoms with Gasteiger partial charge in [0.25, 0.3) is 0 Å². The molecule has 0 aliphatic rings. The molecule has 1 aromatic heterocycles. The van der Waals surface area contributed by atoms with Crippen LogP contribution in [-0.4, -0.2) is 0 Å². The average Bonchev–Trinajstić information content (AvgIpc) is 2.32. The number of hydrogen-bond acceptors (Lipinski definition) is 2. The fourth-order valence-corrected chi connectivity index (χ4v) is 2.75. The van der Waals surface area contributed by atoms with E-state index in [4.69, 9.17) is 5.73 Å². The van der Waals surface area contributed by atoms with Crippen molar-refractivity contribution in [1.82, 2.24) is 0 Å². The second-order valence-electron chi connectivity index (χ2n) is 2.40. The Morgan fingerprint density at radius 2 is 2.17 bits per heavy atom. The maximum Gasteiger partial charge on any atom is 0.165 e. The Kier molecular flexibility index (Phi) is 1.96. The first-order valence-corrected chi connectivity index (χ1v) is 5.21. The summed E-state index contributed by atoms with van der Waals surface area (Å²) in [4.78, 5) is 0. The molecule has 0 atom stereocenters. The van der Waals surface area contributed by atoms with E-state index in [1.54, 1.807) is 6.07 Å². The van der Waals surface area contributed by atoms with Gasteiger partial charge in [0, 0.05) is 8.96 Å². The molecule has 2 rings (SSSR count). The van der Waals surface area contributed by atoms with E-state index >= 15 is 0 Å². The summed E-state index contributed by atoms with van der Waals surface area (Å²) in [6.45, 7) is 0. The molecule has 1 heterocycles. The van der Waals surface area contributed by atoms with Crippen LogP contribution in [0.15, 0.2) is 18.2 Å². The zero-order valence-corrected chi connectivity index (χ0v) is 8.95. The lowest BCUT2D eigenvalue weighted by molar-refractivity contribution is 0.648. The number of halogens is 2. The summed E-state index contributed by atoms with van der Waals surface area (Å²) in [6, 6.07) is 5.53. The highest BCUT2D eigenvalue weighted by Gasteiger charge is 2.10. The van der Waals surface area contributed by atoms with Crippen LogP contribution in [0.2, 0.25) is 0 Å². The van der Waals surface area contributed by atoms with Crippen molar-refractivity contribution in [3.8, 4) is 0 Å². The van der Waals surface area contributed by atoms with E-state index in [-0.39, 0.29) is 10.8 Å². The molecule has 0 saturated heterocycles. The number of benzene rings is 1. The molecule has 0 fully saturated rings. The van der Waals surface area contributed by atoms with Gasteiger partial charge < -0.3 is 5.73 Å². The van der Waals surface area contributed by atoms with Crippen molar-refractivity contribution < 1.29 is 4.39 Å². The van der Waals surface area contributed by atoms with Crippen LogP contribution in [0.25, 0.3) is 10.1 Å². The molecule has 1 nitrogen and oxygen atoms in total. The average molecular weight is 293 g/mol. The number of thiophene rings is 1. The zero-order chi connectivity index (χ0) is 8.72. The molecule has 0 amide bonds. The summed E-state index contributed by atoms with van der Waals surface area (Å²) in [5.41, 5.74) is 5.46. The van der Waals surface area contributed by atoms with Gasteiger partial charge in [-0.15, -0.1) is 11.3 Å². The Labute approximate surface area is 86.5 Å². The normalized spacial score (nSPS) is 10.8. The summed E-state index contributed by atoms with van der Waals surface area (Å²) in [5, 5.41) is 0.901. The first kappa shape index (κ1) is 8.25. The number of nitrogen functional groups attached to an aromatic ring is 1. The van der Waals surface area contributed by atoms with E-state index in [1.165, 1.54) is 11.3 Å². The Hall–Kier alpha value is -0.360. The lowest BCUT2D eigenvalue weighted by Gasteiger charge is -1.90. The molecule has 62 valence electrons. The molecule has 0 aliphatic carbocycles. The second-order valence-corrected chi connectivity index (χ2v) is 4.61. The number of fused-ring (bicyclic) bond motifs is 1. The molecule has 2 N–H and O–H groups in total. The lowest BCUT2D eigenvalue weighted by Crippen LogP contribution is -1.81. The quantitative estimate of drug-likeness (QED) is 0.741. The Morgan fingerprint density at radius 3 is 2.83 bits per heavy atom. The lowest BCUT2D eigenvalue weighted by atomic mass is 10.2. The maximum atomic E-state index is 13.2. The van der Waals surface area contributed by atoms with E-state index in [9.17, 15) is 4.39 Å². The van der Waals surface area contributed by atoms with Crippen molar-refractivity contribution in [1.29, 1.82) is 0 Å². The summed E-state index contributed by atoms with van der Waals surface area (Å²) in [7, 11) is 0. The largest absolute Gasteiger partial charge is 0.388 e. The van der Waals surface area contributed by atoms with Crippen LogP contribution in [0.3, 0.4) is 0 Å². The van der Waals surface area contributed by atoms with Crippen LogP contribution in [0.4, 0.5) is 9.39 Å². The van der Waals surface area contributed by atoms with E-state index in [0.29, 0.717) is 5.39 Å². The van der Waals surface area contributed by atoms with Crippen molar-refractivity contribution in [3.63, 3.8) is 0 Å². The SMILES string of the molecule is Nc1sc2c(I)cccc2c1F. The third-order valence-corrected chi connectivity index (χ3v) is 3.94. The van der Waals surface area contributed by atoms with Crippen LogP contribution in [0.1, 0.15) is 0 Å². The molecule has 0 unspecified atom stereocenters. The van der Waals surface area contributed by atoms with Crippen LogP contribution < -0.4 is 5.73 Å². The first-order chi connectivity index (χ1) is 5.70. The molecule has 0 aliphatic heterocycles. The summed E-state index contributed by atoms with van der Waals surface area (Å²) in [5.74, 6) is -0.284. The van der Waals surface area contributed by atoms with E-state index < -0.39 is 0 Å². The van der Waals surface area contributed by atoms with Crippen LogP contribution in [0, 0.1) is 9.39 Å². The van der Waals surface area contributed by atoms with E-state index in [1.807, 2.05) is 12.1 Å². The predicted molar refractivity (Wildman–Crippen MR) is 58.9 cm³/mol. The molecule has 0 saturated carbocycles. The summed E-state index contributed by atoms with van der Waals surface area (Å²) >= 11 is 3.48. The van der Waals surface area contributed by atoms with Gasteiger partial charge in [-0.05, 0) is 28.7 Å². The number of hydrogen-bond donors (Lipinski definition) is 1. The van der Waals surface area contributed by atoms with E-state index in [2.05, 4.69) is 22.6 Å². The fraction of sp³-hybridized carbons (Fsp3) is 0. The highest BCUT2D eigenvalue weighted by Crippen LogP contribution is 2.34. The minimum Gasteiger partial charge on any atom is -0.388 e. The van der Waals surface area contributed by atoms with Gasteiger partial charge in [0.1, 0.15) is 5.00 Å². The fourth-order valence-electron chi connectivity index (χ4n) is 1.07. The molecule has 0 radical (unpaired) electrons. The topological polar surface area (TPSA) is 26.0 Å². The predicted octanol–water partition coefficient (Wildman–Crippen LogP) is 3.23. The van der Waals surface area contributed by atoms with Crippen LogP contribution in [-0.2, 0) is 0 Å². The van der Waals surface area contributed by atoms with Gasteiger partial charge in [0.05, 0.1) is 4.70 Å². The molecule has 0 bridgehead atoms. The first-order valence-electron chi connectivity index (χ1n) is 3.32. The number of anilines is 1. The minimum atomic E-state index is -0.284. The monoisotopic (exact) mass is 293 g/mol. The Balaban J connectivity index is 2.95. The molecule has 0 spiro atoms. The molecular weight excluding hydrogens is 288 g/mol. The van der Waals surface area contributed by atoms with Gasteiger partial charge in [-0.2, -0.15) is 0 Å². The molecular formula is C8H5FINS. The van der Waals surface area contributed by atoms with Crippen molar-refractivity contribution in [2.45, 2.75) is 0 Å². The second kappa shape index (κ2) is 2.85. The minimum absolute atomic E-state index is 0.272.